The molecular weight excluding hydrogens is 264 g/mol. The minimum Gasteiger partial charge on any atom is -0.460 e. The lowest BCUT2D eigenvalue weighted by atomic mass is 9.96. The minimum absolute atomic E-state index is 0.324. The number of cyclic esters (lactones) is 1. The third-order valence-electron chi connectivity index (χ3n) is 3.16. The van der Waals surface area contributed by atoms with Gasteiger partial charge in [0.05, 0.1) is 0 Å². The molecule has 0 saturated heterocycles. The van der Waals surface area contributed by atoms with E-state index in [4.69, 9.17) is 9.47 Å². The predicted molar refractivity (Wildman–Crippen MR) is 70.7 cm³/mol. The molecule has 0 saturated carbocycles. The van der Waals surface area contributed by atoms with E-state index >= 15 is 0 Å². The zero-order chi connectivity index (χ0) is 15.1. The molecule has 1 rings (SSSR count). The van der Waals surface area contributed by atoms with Gasteiger partial charge in [0, 0.05) is 19.4 Å². The minimum atomic E-state index is -1.29. The normalized spacial score (nSPS) is 22.8. The summed E-state index contributed by atoms with van der Waals surface area (Å²) in [6.45, 7) is 3.22. The molecule has 4 atom stereocenters. The van der Waals surface area contributed by atoms with E-state index < -0.39 is 36.4 Å². The summed E-state index contributed by atoms with van der Waals surface area (Å²) in [6, 6.07) is 0. The standard InChI is InChI=1S/C14H22O6/c1-3-4-6-10(19-9(2)15)13(17)14(18)11-7-5-8-12(16)20-11/h5,8,10-11,13-14,17-18H,3-4,6-7H2,1-2H3. The average molecular weight is 286 g/mol. The number of aliphatic hydroxyl groups is 2. The molecule has 1 heterocycles. The van der Waals surface area contributed by atoms with Crippen LogP contribution in [0.4, 0.5) is 0 Å². The molecule has 0 spiro atoms. The van der Waals surface area contributed by atoms with Crippen LogP contribution in [-0.4, -0.2) is 46.6 Å². The Morgan fingerprint density at radius 1 is 1.55 bits per heavy atom. The summed E-state index contributed by atoms with van der Waals surface area (Å²) in [5.74, 6) is -1.07. The molecule has 0 aromatic heterocycles. The summed E-state index contributed by atoms with van der Waals surface area (Å²) in [7, 11) is 0. The van der Waals surface area contributed by atoms with Gasteiger partial charge in [-0.15, -0.1) is 0 Å². The highest BCUT2D eigenvalue weighted by Crippen LogP contribution is 2.20. The fourth-order valence-electron chi connectivity index (χ4n) is 2.10. The highest BCUT2D eigenvalue weighted by Gasteiger charge is 2.36. The number of hydrogen-bond acceptors (Lipinski definition) is 6. The molecule has 0 radical (unpaired) electrons. The SMILES string of the molecule is CCCCC(OC(C)=O)C(O)C(O)C1CC=CC(=O)O1. The Kier molecular flexibility index (Phi) is 6.67. The van der Waals surface area contributed by atoms with Crippen molar-refractivity contribution in [1.82, 2.24) is 0 Å². The Hall–Kier alpha value is -1.40. The second kappa shape index (κ2) is 8.01. The monoisotopic (exact) mass is 286 g/mol. The largest absolute Gasteiger partial charge is 0.460 e. The lowest BCUT2D eigenvalue weighted by Gasteiger charge is -2.31. The molecule has 0 aliphatic carbocycles. The fourth-order valence-corrected chi connectivity index (χ4v) is 2.10. The molecular formula is C14H22O6. The summed E-state index contributed by atoms with van der Waals surface area (Å²) in [6.07, 6.45) is 1.08. The van der Waals surface area contributed by atoms with E-state index in [1.807, 2.05) is 6.92 Å². The summed E-state index contributed by atoms with van der Waals surface area (Å²) in [5, 5.41) is 20.2. The van der Waals surface area contributed by atoms with Crippen LogP contribution in [0.3, 0.4) is 0 Å². The lowest BCUT2D eigenvalue weighted by Crippen LogP contribution is -2.47. The van der Waals surface area contributed by atoms with Crippen LogP contribution in [0.2, 0.25) is 0 Å². The van der Waals surface area contributed by atoms with Gasteiger partial charge in [-0.2, -0.15) is 0 Å². The van der Waals surface area contributed by atoms with Crippen LogP contribution in [0, 0.1) is 0 Å². The zero-order valence-electron chi connectivity index (χ0n) is 11.8. The maximum Gasteiger partial charge on any atom is 0.330 e. The summed E-state index contributed by atoms with van der Waals surface area (Å²) < 4.78 is 10.00. The van der Waals surface area contributed by atoms with E-state index in [1.54, 1.807) is 6.08 Å². The van der Waals surface area contributed by atoms with Crippen LogP contribution >= 0.6 is 0 Å². The van der Waals surface area contributed by atoms with Crippen LogP contribution in [0.15, 0.2) is 12.2 Å². The number of carbonyl (C=O) groups excluding carboxylic acids is 2. The summed E-state index contributed by atoms with van der Waals surface area (Å²) in [5.41, 5.74) is 0. The van der Waals surface area contributed by atoms with Crippen molar-refractivity contribution in [3.63, 3.8) is 0 Å². The van der Waals surface area contributed by atoms with E-state index in [9.17, 15) is 19.8 Å². The molecule has 6 heteroatoms. The van der Waals surface area contributed by atoms with Crippen LogP contribution in [0.25, 0.3) is 0 Å². The van der Waals surface area contributed by atoms with Gasteiger partial charge in [0.25, 0.3) is 0 Å². The lowest BCUT2D eigenvalue weighted by molar-refractivity contribution is -0.172. The van der Waals surface area contributed by atoms with Gasteiger partial charge in [0.2, 0.25) is 0 Å². The first-order chi connectivity index (χ1) is 9.45. The quantitative estimate of drug-likeness (QED) is 0.669. The first kappa shape index (κ1) is 16.7. The molecule has 0 aromatic rings. The van der Waals surface area contributed by atoms with Crippen molar-refractivity contribution in [3.05, 3.63) is 12.2 Å². The molecule has 1 aliphatic heterocycles. The second-order valence-electron chi connectivity index (χ2n) is 4.88. The van der Waals surface area contributed by atoms with Crippen molar-refractivity contribution >= 4 is 11.9 Å². The van der Waals surface area contributed by atoms with Crippen LogP contribution in [0.1, 0.15) is 39.5 Å². The van der Waals surface area contributed by atoms with Crippen molar-refractivity contribution in [3.8, 4) is 0 Å². The highest BCUT2D eigenvalue weighted by molar-refractivity contribution is 5.82. The first-order valence-corrected chi connectivity index (χ1v) is 6.86. The molecule has 4 unspecified atom stereocenters. The van der Waals surface area contributed by atoms with Crippen LogP contribution in [-0.2, 0) is 19.1 Å². The van der Waals surface area contributed by atoms with E-state index in [1.165, 1.54) is 13.0 Å². The van der Waals surface area contributed by atoms with E-state index in [-0.39, 0.29) is 0 Å². The van der Waals surface area contributed by atoms with Crippen molar-refractivity contribution < 1.29 is 29.3 Å². The molecule has 2 N–H and O–H groups in total. The van der Waals surface area contributed by atoms with Gasteiger partial charge in [0.15, 0.2) is 0 Å². The number of ether oxygens (including phenoxy) is 2. The molecule has 0 aromatic carbocycles. The number of aliphatic hydroxyl groups excluding tert-OH is 2. The smallest absolute Gasteiger partial charge is 0.330 e. The first-order valence-electron chi connectivity index (χ1n) is 6.86. The maximum atomic E-state index is 11.1. The van der Waals surface area contributed by atoms with Crippen LogP contribution in [0.5, 0.6) is 0 Å². The molecule has 0 bridgehead atoms. The topological polar surface area (TPSA) is 93.1 Å². The molecule has 1 aliphatic rings. The number of rotatable bonds is 7. The van der Waals surface area contributed by atoms with Gasteiger partial charge in [0.1, 0.15) is 24.4 Å². The predicted octanol–water partition coefficient (Wildman–Crippen LogP) is 0.702. The highest BCUT2D eigenvalue weighted by atomic mass is 16.6. The number of unbranched alkanes of at least 4 members (excludes halogenated alkanes) is 1. The second-order valence-corrected chi connectivity index (χ2v) is 4.88. The Morgan fingerprint density at radius 3 is 2.80 bits per heavy atom. The van der Waals surface area contributed by atoms with Crippen LogP contribution < -0.4 is 0 Å². The number of carbonyl (C=O) groups is 2. The molecule has 6 nitrogen and oxygen atoms in total. The van der Waals surface area contributed by atoms with Gasteiger partial charge >= 0.3 is 11.9 Å². The fraction of sp³-hybridized carbons (Fsp3) is 0.714. The Labute approximate surface area is 118 Å². The van der Waals surface area contributed by atoms with Crippen molar-refractivity contribution in [2.24, 2.45) is 0 Å². The average Bonchev–Trinajstić information content (AvgIpc) is 2.41. The molecule has 114 valence electrons. The maximum absolute atomic E-state index is 11.1. The van der Waals surface area contributed by atoms with Crippen molar-refractivity contribution in [1.29, 1.82) is 0 Å². The van der Waals surface area contributed by atoms with Gasteiger partial charge in [-0.25, -0.2) is 4.79 Å². The number of esters is 2. The van der Waals surface area contributed by atoms with Gasteiger partial charge in [-0.05, 0) is 12.8 Å². The Morgan fingerprint density at radius 2 is 2.25 bits per heavy atom. The third-order valence-corrected chi connectivity index (χ3v) is 3.16. The third kappa shape index (κ3) is 4.94. The Balaban J connectivity index is 2.66. The number of hydrogen-bond donors (Lipinski definition) is 2. The summed E-state index contributed by atoms with van der Waals surface area (Å²) >= 11 is 0. The molecule has 0 amide bonds. The van der Waals surface area contributed by atoms with Gasteiger partial charge < -0.3 is 19.7 Å². The summed E-state index contributed by atoms with van der Waals surface area (Å²) in [4.78, 5) is 22.2. The van der Waals surface area contributed by atoms with Crippen molar-refractivity contribution in [2.75, 3.05) is 0 Å². The van der Waals surface area contributed by atoms with E-state index in [2.05, 4.69) is 0 Å². The zero-order valence-corrected chi connectivity index (χ0v) is 11.8. The molecule has 0 fully saturated rings. The van der Waals surface area contributed by atoms with Crippen molar-refractivity contribution in [2.45, 2.75) is 63.9 Å². The van der Waals surface area contributed by atoms with Gasteiger partial charge in [-0.3, -0.25) is 4.79 Å². The van der Waals surface area contributed by atoms with E-state index in [0.29, 0.717) is 12.8 Å². The molecule has 20 heavy (non-hydrogen) atoms. The van der Waals surface area contributed by atoms with Gasteiger partial charge in [-0.1, -0.05) is 19.4 Å². The van der Waals surface area contributed by atoms with E-state index in [0.717, 1.165) is 12.8 Å². The Bertz CT molecular complexity index is 365.